The molecule has 116 valence electrons. The lowest BCUT2D eigenvalue weighted by Crippen LogP contribution is -2.47. The number of para-hydroxylation sites is 1. The molecule has 2 aliphatic rings. The van der Waals surface area contributed by atoms with Crippen LogP contribution in [0.3, 0.4) is 0 Å². The second kappa shape index (κ2) is 6.07. The van der Waals surface area contributed by atoms with Crippen LogP contribution < -0.4 is 0 Å². The lowest BCUT2D eigenvalue weighted by atomic mass is 10.1. The van der Waals surface area contributed by atoms with Crippen LogP contribution in [0.1, 0.15) is 38.5 Å². The first-order valence-corrected chi connectivity index (χ1v) is 8.61. The van der Waals surface area contributed by atoms with Crippen molar-refractivity contribution in [1.29, 1.82) is 0 Å². The molecule has 2 aliphatic heterocycles. The molecule has 0 saturated carbocycles. The summed E-state index contributed by atoms with van der Waals surface area (Å²) in [5.41, 5.74) is 2.10. The van der Waals surface area contributed by atoms with E-state index >= 15 is 0 Å². The highest BCUT2D eigenvalue weighted by Crippen LogP contribution is 2.16. The summed E-state index contributed by atoms with van der Waals surface area (Å²) in [6.07, 6.45) is 7.83. The normalized spacial score (nSPS) is 19.6. The van der Waals surface area contributed by atoms with Crippen LogP contribution in [0.25, 0.3) is 11.0 Å². The molecule has 0 aliphatic carbocycles. The fourth-order valence-corrected chi connectivity index (χ4v) is 3.67. The molecule has 2 saturated heterocycles. The van der Waals surface area contributed by atoms with E-state index in [0.29, 0.717) is 0 Å². The van der Waals surface area contributed by atoms with Crippen molar-refractivity contribution < 1.29 is 4.58 Å². The summed E-state index contributed by atoms with van der Waals surface area (Å²) in [6.45, 7) is 4.56. The van der Waals surface area contributed by atoms with E-state index in [1.54, 1.807) is 0 Å². The number of nitrogens with zero attached hydrogens (tertiary/aromatic N) is 5. The van der Waals surface area contributed by atoms with Crippen LogP contribution in [0.15, 0.2) is 24.3 Å². The predicted molar refractivity (Wildman–Crippen MR) is 87.2 cm³/mol. The van der Waals surface area contributed by atoms with Crippen molar-refractivity contribution in [3.63, 3.8) is 0 Å². The molecule has 0 atom stereocenters. The summed E-state index contributed by atoms with van der Waals surface area (Å²) in [7, 11) is 0. The highest BCUT2D eigenvalue weighted by atomic mass is 15.5. The topological polar surface area (TPSA) is 37.0 Å². The van der Waals surface area contributed by atoms with Gasteiger partial charge < -0.3 is 0 Å². The maximum atomic E-state index is 4.49. The van der Waals surface area contributed by atoms with Crippen LogP contribution in [-0.2, 0) is 0 Å². The Balaban J connectivity index is 1.82. The third-order valence-corrected chi connectivity index (χ3v) is 4.82. The van der Waals surface area contributed by atoms with Crippen LogP contribution in [0.4, 0.5) is 0 Å². The first-order chi connectivity index (χ1) is 10.9. The van der Waals surface area contributed by atoms with Gasteiger partial charge in [0.1, 0.15) is 5.52 Å². The largest absolute Gasteiger partial charge is 0.381 e. The molecule has 0 unspecified atom stereocenters. The Morgan fingerprint density at radius 1 is 0.909 bits per heavy atom. The molecule has 0 spiro atoms. The molecule has 3 heterocycles. The Morgan fingerprint density at radius 2 is 1.64 bits per heavy atom. The first-order valence-electron chi connectivity index (χ1n) is 8.61. The van der Waals surface area contributed by atoms with E-state index in [-0.39, 0.29) is 0 Å². The van der Waals surface area contributed by atoms with Crippen LogP contribution in [-0.4, -0.2) is 56.6 Å². The van der Waals surface area contributed by atoms with Crippen LogP contribution in [0.2, 0.25) is 0 Å². The quantitative estimate of drug-likeness (QED) is 0.553. The molecule has 0 N–H and O–H groups in total. The fourth-order valence-electron chi connectivity index (χ4n) is 3.67. The summed E-state index contributed by atoms with van der Waals surface area (Å²) in [6, 6.07) is 8.28. The fraction of sp³-hybridized carbons (Fsp3) is 0.588. The number of aromatic nitrogens is 3. The molecule has 0 radical (unpaired) electrons. The smallest absolute Gasteiger partial charge is 0.263 e. The minimum absolute atomic E-state index is 0.981. The van der Waals surface area contributed by atoms with E-state index in [1.807, 2.05) is 12.1 Å². The molecular formula is C17H24N5+. The zero-order valence-corrected chi connectivity index (χ0v) is 13.1. The Bertz CT molecular complexity index is 673. The third kappa shape index (κ3) is 2.49. The van der Waals surface area contributed by atoms with E-state index in [4.69, 9.17) is 0 Å². The monoisotopic (exact) mass is 298 g/mol. The van der Waals surface area contributed by atoms with Crippen molar-refractivity contribution in [2.75, 3.05) is 26.2 Å². The van der Waals surface area contributed by atoms with E-state index in [1.165, 1.54) is 44.5 Å². The van der Waals surface area contributed by atoms with Gasteiger partial charge >= 0.3 is 5.96 Å². The molecule has 1 aromatic carbocycles. The lowest BCUT2D eigenvalue weighted by molar-refractivity contribution is -0.544. The number of hydrogen-bond donors (Lipinski definition) is 0. The molecule has 22 heavy (non-hydrogen) atoms. The molecule has 2 aromatic rings. The first kappa shape index (κ1) is 13.7. The van der Waals surface area contributed by atoms with Gasteiger partial charge in [-0.3, -0.25) is 9.48 Å². The van der Waals surface area contributed by atoms with Crippen molar-refractivity contribution in [3.05, 3.63) is 24.3 Å². The van der Waals surface area contributed by atoms with Gasteiger partial charge in [0, 0.05) is 5.21 Å². The number of piperidine rings is 2. The van der Waals surface area contributed by atoms with Gasteiger partial charge in [0.05, 0.1) is 26.2 Å². The Labute approximate surface area is 131 Å². The zero-order chi connectivity index (χ0) is 14.8. The standard InChI is InChI=1S/C17H24N5/c1-5-11-20(12-6-1)17(21-13-7-2-8-14-21)22-16-10-4-3-9-15(16)18-19-22/h3-4,9-10H,1-2,5-8,11-14H2/q+1. The van der Waals surface area contributed by atoms with Crippen molar-refractivity contribution in [3.8, 4) is 0 Å². The molecule has 2 fully saturated rings. The maximum absolute atomic E-state index is 4.49. The average Bonchev–Trinajstić information content (AvgIpc) is 3.01. The van der Waals surface area contributed by atoms with E-state index in [9.17, 15) is 0 Å². The minimum atomic E-state index is 0.981. The van der Waals surface area contributed by atoms with Crippen LogP contribution >= 0.6 is 0 Å². The van der Waals surface area contributed by atoms with Crippen molar-refractivity contribution in [2.45, 2.75) is 38.5 Å². The van der Waals surface area contributed by atoms with Crippen molar-refractivity contribution in [1.82, 2.24) is 19.9 Å². The summed E-state index contributed by atoms with van der Waals surface area (Å²) >= 11 is 0. The summed E-state index contributed by atoms with van der Waals surface area (Å²) in [4.78, 5) is 2.52. The Morgan fingerprint density at radius 3 is 2.45 bits per heavy atom. The molecular weight excluding hydrogens is 274 g/mol. The summed E-state index contributed by atoms with van der Waals surface area (Å²) < 4.78 is 4.60. The second-order valence-corrected chi connectivity index (χ2v) is 6.39. The van der Waals surface area contributed by atoms with E-state index < -0.39 is 0 Å². The molecule has 5 heteroatoms. The van der Waals surface area contributed by atoms with Gasteiger partial charge in [0.25, 0.3) is 0 Å². The van der Waals surface area contributed by atoms with Gasteiger partial charge in [-0.2, -0.15) is 0 Å². The SMILES string of the molecule is c1ccc2c(c1)nnn2C(N1CCCCC1)=[N+]1CCCCC1. The van der Waals surface area contributed by atoms with Crippen molar-refractivity contribution in [2.24, 2.45) is 0 Å². The van der Waals surface area contributed by atoms with Gasteiger partial charge in [-0.05, 0) is 50.7 Å². The van der Waals surface area contributed by atoms with Crippen molar-refractivity contribution >= 4 is 17.0 Å². The lowest BCUT2D eigenvalue weighted by Gasteiger charge is -2.27. The van der Waals surface area contributed by atoms with Gasteiger partial charge in [0.15, 0.2) is 5.52 Å². The van der Waals surface area contributed by atoms with E-state index in [2.05, 4.69) is 36.6 Å². The molecule has 0 bridgehead atoms. The minimum Gasteiger partial charge on any atom is -0.263 e. The number of rotatable bonds is 0. The highest BCUT2D eigenvalue weighted by molar-refractivity contribution is 5.88. The second-order valence-electron chi connectivity index (χ2n) is 6.39. The molecule has 1 aromatic heterocycles. The molecule has 4 rings (SSSR count). The number of fused-ring (bicyclic) bond motifs is 1. The van der Waals surface area contributed by atoms with Crippen LogP contribution in [0.5, 0.6) is 0 Å². The Hall–Kier alpha value is -1.91. The predicted octanol–water partition coefficient (Wildman–Crippen LogP) is 2.32. The van der Waals surface area contributed by atoms with Gasteiger partial charge in [0.2, 0.25) is 0 Å². The van der Waals surface area contributed by atoms with Crippen LogP contribution in [0, 0.1) is 0 Å². The summed E-state index contributed by atoms with van der Waals surface area (Å²) in [5, 5.41) is 8.86. The number of benzene rings is 1. The van der Waals surface area contributed by atoms with Gasteiger partial charge in [-0.15, -0.1) is 5.10 Å². The molecule has 0 amide bonds. The number of hydrogen-bond acceptors (Lipinski definition) is 2. The number of likely N-dealkylation sites (tertiary alicyclic amines) is 1. The Kier molecular flexibility index (Phi) is 3.79. The third-order valence-electron chi connectivity index (χ3n) is 4.82. The van der Waals surface area contributed by atoms with Gasteiger partial charge in [-0.1, -0.05) is 16.8 Å². The van der Waals surface area contributed by atoms with E-state index in [0.717, 1.165) is 37.2 Å². The van der Waals surface area contributed by atoms with Gasteiger partial charge in [-0.25, -0.2) is 0 Å². The summed E-state index contributed by atoms with van der Waals surface area (Å²) in [5.74, 6) is 1.26. The zero-order valence-electron chi connectivity index (χ0n) is 13.1. The maximum Gasteiger partial charge on any atom is 0.381 e. The highest BCUT2D eigenvalue weighted by Gasteiger charge is 2.30. The average molecular weight is 298 g/mol. The molecule has 5 nitrogen and oxygen atoms in total.